The highest BCUT2D eigenvalue weighted by Crippen LogP contribution is 2.23. The number of hydrogen-bond donors (Lipinski definition) is 1. The third-order valence-electron chi connectivity index (χ3n) is 3.61. The van der Waals surface area contributed by atoms with Crippen molar-refractivity contribution in [3.63, 3.8) is 0 Å². The molecule has 0 radical (unpaired) electrons. The summed E-state index contributed by atoms with van der Waals surface area (Å²) in [7, 11) is -3.87. The Kier molecular flexibility index (Phi) is 9.29. The van der Waals surface area contributed by atoms with E-state index < -0.39 is 22.0 Å². The topological polar surface area (TPSA) is 83.9 Å². The number of carbonyl (C=O) groups is 1. The molecule has 146 valence electrons. The number of ether oxygens (including phenoxy) is 1. The highest BCUT2D eigenvalue weighted by molar-refractivity contribution is 7.89. The molecule has 26 heavy (non-hydrogen) atoms. The fourth-order valence-electron chi connectivity index (χ4n) is 2.46. The second kappa shape index (κ2) is 10.7. The lowest BCUT2D eigenvalue weighted by Crippen LogP contribution is -2.43. The molecule has 0 aliphatic heterocycles. The fourth-order valence-corrected chi connectivity index (χ4v) is 4.16. The van der Waals surface area contributed by atoms with Gasteiger partial charge in [0.05, 0.1) is 18.1 Å². The van der Waals surface area contributed by atoms with Crippen molar-refractivity contribution in [2.24, 2.45) is 5.92 Å². The van der Waals surface area contributed by atoms with E-state index in [9.17, 15) is 18.3 Å². The summed E-state index contributed by atoms with van der Waals surface area (Å²) in [5.41, 5.74) is 0. The van der Waals surface area contributed by atoms with Gasteiger partial charge >= 0.3 is 5.97 Å². The van der Waals surface area contributed by atoms with Gasteiger partial charge in [0, 0.05) is 23.7 Å². The molecule has 0 heterocycles. The first kappa shape index (κ1) is 22.6. The van der Waals surface area contributed by atoms with E-state index in [-0.39, 0.29) is 30.6 Å². The van der Waals surface area contributed by atoms with Crippen LogP contribution in [0.25, 0.3) is 0 Å². The predicted molar refractivity (Wildman–Crippen MR) is 101 cm³/mol. The largest absolute Gasteiger partial charge is 0.463 e. The van der Waals surface area contributed by atoms with Crippen LogP contribution in [0, 0.1) is 5.92 Å². The zero-order chi connectivity index (χ0) is 19.7. The molecule has 0 saturated heterocycles. The summed E-state index contributed by atoms with van der Waals surface area (Å²) in [4.78, 5) is 11.5. The van der Waals surface area contributed by atoms with Gasteiger partial charge in [-0.3, -0.25) is 0 Å². The molecule has 6 nitrogen and oxygen atoms in total. The maximum absolute atomic E-state index is 13.0. The van der Waals surface area contributed by atoms with Gasteiger partial charge in [-0.05, 0) is 43.5 Å². The average molecular weight is 404 g/mol. The van der Waals surface area contributed by atoms with Crippen LogP contribution in [0.15, 0.2) is 41.3 Å². The number of hydrogen-bond acceptors (Lipinski definition) is 5. The Labute approximate surface area is 160 Å². The number of halogens is 1. The van der Waals surface area contributed by atoms with Crippen molar-refractivity contribution in [3.8, 4) is 0 Å². The molecule has 8 heteroatoms. The van der Waals surface area contributed by atoms with Crippen LogP contribution >= 0.6 is 11.6 Å². The molecule has 1 aromatic rings. The average Bonchev–Trinajstić information content (AvgIpc) is 2.57. The van der Waals surface area contributed by atoms with Gasteiger partial charge in [0.1, 0.15) is 0 Å². The van der Waals surface area contributed by atoms with E-state index in [1.54, 1.807) is 6.92 Å². The van der Waals surface area contributed by atoms with E-state index in [1.807, 2.05) is 13.8 Å². The number of aliphatic hydroxyl groups is 1. The molecule has 0 aromatic heterocycles. The summed E-state index contributed by atoms with van der Waals surface area (Å²) >= 11 is 5.84. The molecule has 1 atom stereocenters. The molecule has 0 spiro atoms. The monoisotopic (exact) mass is 403 g/mol. The van der Waals surface area contributed by atoms with Crippen LogP contribution in [0.1, 0.15) is 27.2 Å². The van der Waals surface area contributed by atoms with Crippen LogP contribution in [0.3, 0.4) is 0 Å². The van der Waals surface area contributed by atoms with Crippen LogP contribution in [-0.2, 0) is 19.6 Å². The maximum Gasteiger partial charge on any atom is 0.330 e. The first-order valence-electron chi connectivity index (χ1n) is 8.43. The number of carbonyl (C=O) groups excluding carboxylic acids is 1. The normalized spacial score (nSPS) is 13.5. The van der Waals surface area contributed by atoms with Crippen molar-refractivity contribution in [1.29, 1.82) is 0 Å². The predicted octanol–water partition coefficient (Wildman–Crippen LogP) is 2.86. The highest BCUT2D eigenvalue weighted by atomic mass is 35.5. The van der Waals surface area contributed by atoms with Crippen molar-refractivity contribution >= 4 is 27.6 Å². The second-order valence-corrected chi connectivity index (χ2v) is 8.48. The first-order chi connectivity index (χ1) is 12.2. The van der Waals surface area contributed by atoms with Crippen molar-refractivity contribution in [2.45, 2.75) is 38.1 Å². The number of sulfonamides is 1. The van der Waals surface area contributed by atoms with Crippen LogP contribution < -0.4 is 0 Å². The molecule has 1 aromatic carbocycles. The van der Waals surface area contributed by atoms with Crippen LogP contribution in [0.2, 0.25) is 5.02 Å². The fraction of sp³-hybridized carbons (Fsp3) is 0.500. The Bertz CT molecular complexity index is 701. The van der Waals surface area contributed by atoms with E-state index in [1.165, 1.54) is 40.7 Å². The van der Waals surface area contributed by atoms with Crippen molar-refractivity contribution in [2.75, 3.05) is 19.8 Å². The summed E-state index contributed by atoms with van der Waals surface area (Å²) in [5, 5.41) is 10.2. The molecular weight excluding hydrogens is 378 g/mol. The van der Waals surface area contributed by atoms with E-state index in [0.717, 1.165) is 0 Å². The molecular formula is C18H26ClNO5S. The highest BCUT2D eigenvalue weighted by Gasteiger charge is 2.30. The number of nitrogens with zero attached hydrogens (tertiary/aromatic N) is 1. The Balaban J connectivity index is 3.16. The quantitative estimate of drug-likeness (QED) is 0.479. The minimum Gasteiger partial charge on any atom is -0.463 e. The third kappa shape index (κ3) is 6.72. The molecule has 1 rings (SSSR count). The van der Waals surface area contributed by atoms with E-state index in [4.69, 9.17) is 16.3 Å². The number of benzene rings is 1. The minimum atomic E-state index is -3.87. The van der Waals surface area contributed by atoms with Gasteiger partial charge in [-0.25, -0.2) is 13.2 Å². The van der Waals surface area contributed by atoms with E-state index >= 15 is 0 Å². The number of aliphatic hydroxyl groups excluding tert-OH is 1. The zero-order valence-corrected chi connectivity index (χ0v) is 16.8. The minimum absolute atomic E-state index is 0.0538. The zero-order valence-electron chi connectivity index (χ0n) is 15.3. The Morgan fingerprint density at radius 2 is 1.92 bits per heavy atom. The second-order valence-electron chi connectivity index (χ2n) is 6.15. The van der Waals surface area contributed by atoms with Gasteiger partial charge in [0.2, 0.25) is 10.0 Å². The van der Waals surface area contributed by atoms with Gasteiger partial charge in [-0.2, -0.15) is 4.31 Å². The Morgan fingerprint density at radius 1 is 1.31 bits per heavy atom. The summed E-state index contributed by atoms with van der Waals surface area (Å²) in [6.45, 7) is 5.45. The van der Waals surface area contributed by atoms with Crippen molar-refractivity contribution < 1.29 is 23.1 Å². The lowest BCUT2D eigenvalue weighted by Gasteiger charge is -2.30. The molecule has 1 N–H and O–H groups in total. The third-order valence-corrected chi connectivity index (χ3v) is 5.79. The molecule has 0 fully saturated rings. The van der Waals surface area contributed by atoms with Crippen LogP contribution in [0.4, 0.5) is 0 Å². The van der Waals surface area contributed by atoms with Gasteiger partial charge in [-0.1, -0.05) is 31.5 Å². The van der Waals surface area contributed by atoms with Crippen LogP contribution in [0.5, 0.6) is 0 Å². The standard InChI is InChI=1S/C18H26ClNO5S/c1-4-25-18(22)6-5-11-20(16(13-21)12-14(2)3)26(23,24)17-9-7-15(19)8-10-17/h5-10,14,16,21H,4,11-13H2,1-3H3/t16-/m1/s1. The molecule has 0 aliphatic carbocycles. The van der Waals surface area contributed by atoms with E-state index in [2.05, 4.69) is 0 Å². The van der Waals surface area contributed by atoms with Gasteiger partial charge in [-0.15, -0.1) is 0 Å². The first-order valence-corrected chi connectivity index (χ1v) is 10.3. The molecule has 0 saturated carbocycles. The molecule has 0 aliphatic rings. The SMILES string of the molecule is CCOC(=O)C=CCN([C@@H](CO)CC(C)C)S(=O)(=O)c1ccc(Cl)cc1. The van der Waals surface area contributed by atoms with Crippen LogP contribution in [-0.4, -0.2) is 49.6 Å². The Hall–Kier alpha value is -1.41. The smallest absolute Gasteiger partial charge is 0.330 e. The van der Waals surface area contributed by atoms with Gasteiger partial charge in [0.25, 0.3) is 0 Å². The Morgan fingerprint density at radius 3 is 2.42 bits per heavy atom. The summed E-state index contributed by atoms with van der Waals surface area (Å²) < 4.78 is 32.1. The lowest BCUT2D eigenvalue weighted by molar-refractivity contribution is -0.137. The van der Waals surface area contributed by atoms with Crippen molar-refractivity contribution in [3.05, 3.63) is 41.4 Å². The molecule has 0 amide bonds. The maximum atomic E-state index is 13.0. The summed E-state index contributed by atoms with van der Waals surface area (Å²) in [5.74, 6) is -0.357. The summed E-state index contributed by atoms with van der Waals surface area (Å²) in [6.07, 6.45) is 3.10. The molecule has 0 bridgehead atoms. The lowest BCUT2D eigenvalue weighted by atomic mass is 10.0. The summed E-state index contributed by atoms with van der Waals surface area (Å²) in [6, 6.07) is 5.23. The van der Waals surface area contributed by atoms with Gasteiger partial charge in [0.15, 0.2) is 0 Å². The van der Waals surface area contributed by atoms with Crippen molar-refractivity contribution in [1.82, 2.24) is 4.31 Å². The van der Waals surface area contributed by atoms with E-state index in [0.29, 0.717) is 11.4 Å². The number of esters is 1. The molecule has 0 unspecified atom stereocenters. The number of rotatable bonds is 10. The van der Waals surface area contributed by atoms with Gasteiger partial charge < -0.3 is 9.84 Å².